The van der Waals surface area contributed by atoms with Crippen LogP contribution in [0.2, 0.25) is 10.0 Å². The van der Waals surface area contributed by atoms with E-state index < -0.39 is 65.1 Å². The molecule has 39 heavy (non-hydrogen) atoms. The number of anilines is 1. The van der Waals surface area contributed by atoms with Crippen molar-refractivity contribution in [3.63, 3.8) is 0 Å². The van der Waals surface area contributed by atoms with Crippen molar-refractivity contribution >= 4 is 40.7 Å². The first kappa shape index (κ1) is 28.2. The zero-order valence-corrected chi connectivity index (χ0v) is 23.2. The summed E-state index contributed by atoms with van der Waals surface area (Å²) in [6.45, 7) is 5.99. The summed E-state index contributed by atoms with van der Waals surface area (Å²) < 4.78 is 29.2. The minimum atomic E-state index is -1.47. The number of rotatable bonds is 4. The van der Waals surface area contributed by atoms with E-state index in [1.54, 1.807) is 0 Å². The number of amides is 2. The number of aliphatic hydroxyl groups is 2. The Morgan fingerprint density at radius 3 is 2.33 bits per heavy atom. The first-order chi connectivity index (χ1) is 18.2. The maximum Gasteiger partial charge on any atom is 0.238 e. The summed E-state index contributed by atoms with van der Waals surface area (Å²) in [6.07, 6.45) is -1.13. The Bertz CT molecular complexity index is 1330. The third-order valence-corrected chi connectivity index (χ3v) is 8.71. The van der Waals surface area contributed by atoms with Crippen molar-refractivity contribution in [2.45, 2.75) is 81.7 Å². The highest BCUT2D eigenvalue weighted by molar-refractivity contribution is 6.31. The molecule has 3 aliphatic rings. The maximum atomic E-state index is 15.0. The Hall–Kier alpha value is -2.30. The van der Waals surface area contributed by atoms with Crippen molar-refractivity contribution in [3.8, 4) is 0 Å². The van der Waals surface area contributed by atoms with Crippen molar-refractivity contribution in [2.24, 2.45) is 5.41 Å². The van der Waals surface area contributed by atoms with E-state index in [-0.39, 0.29) is 28.3 Å². The molecule has 1 spiro atoms. The molecule has 0 bridgehead atoms. The van der Waals surface area contributed by atoms with Gasteiger partial charge in [0.2, 0.25) is 11.8 Å². The molecule has 5 N–H and O–H groups in total. The fourth-order valence-corrected chi connectivity index (χ4v) is 6.89. The van der Waals surface area contributed by atoms with Gasteiger partial charge in [-0.2, -0.15) is 0 Å². The smallest absolute Gasteiger partial charge is 0.238 e. The molecule has 2 fully saturated rings. The minimum absolute atomic E-state index is 0.154. The van der Waals surface area contributed by atoms with E-state index in [1.165, 1.54) is 30.3 Å². The summed E-state index contributed by atoms with van der Waals surface area (Å²) in [5.74, 6) is -3.18. The van der Waals surface area contributed by atoms with Gasteiger partial charge in [-0.05, 0) is 60.1 Å². The number of nitrogens with one attached hydrogen (secondary N) is 3. The average Bonchev–Trinajstić information content (AvgIpc) is 3.42. The monoisotopic (exact) mass is 581 g/mol. The number of hydrogen-bond acceptors (Lipinski definition) is 5. The minimum Gasteiger partial charge on any atom is -0.390 e. The highest BCUT2D eigenvalue weighted by Gasteiger charge is 2.66. The molecule has 2 heterocycles. The van der Waals surface area contributed by atoms with E-state index in [0.717, 1.165) is 0 Å². The SMILES string of the molecule is CC(C)(C)C[C@H]1N[C@@H](C(=O)NC2C[C@@H](O)[C@@H](O)C2)[C@H](c2ccc(F)c(Cl)c2)[C@@]12C(=O)Nc1cc(Cl)c(F)cc12. The van der Waals surface area contributed by atoms with Crippen LogP contribution < -0.4 is 16.0 Å². The van der Waals surface area contributed by atoms with Crippen molar-refractivity contribution in [1.82, 2.24) is 10.6 Å². The van der Waals surface area contributed by atoms with Gasteiger partial charge in [0.05, 0.1) is 28.3 Å². The molecule has 1 saturated carbocycles. The summed E-state index contributed by atoms with van der Waals surface area (Å²) in [6, 6.07) is 4.51. The Kier molecular flexibility index (Phi) is 7.21. The molecule has 2 aromatic rings. The fourth-order valence-electron chi connectivity index (χ4n) is 6.54. The van der Waals surface area contributed by atoms with Crippen LogP contribution in [0.3, 0.4) is 0 Å². The van der Waals surface area contributed by atoms with Crippen LogP contribution in [0.4, 0.5) is 14.5 Å². The van der Waals surface area contributed by atoms with E-state index >= 15 is 0 Å². The third-order valence-electron chi connectivity index (χ3n) is 8.13. The molecule has 2 aliphatic heterocycles. The quantitative estimate of drug-likeness (QED) is 0.374. The lowest BCUT2D eigenvalue weighted by Crippen LogP contribution is -2.49. The molecule has 1 unspecified atom stereocenters. The van der Waals surface area contributed by atoms with Gasteiger partial charge in [0.1, 0.15) is 17.0 Å². The number of aliphatic hydroxyl groups excluding tert-OH is 2. The van der Waals surface area contributed by atoms with Crippen LogP contribution in [0, 0.1) is 17.0 Å². The molecule has 5 rings (SSSR count). The van der Waals surface area contributed by atoms with E-state index in [0.29, 0.717) is 23.2 Å². The maximum absolute atomic E-state index is 15.0. The number of carbonyl (C=O) groups excluding carboxylic acids is 2. The number of fused-ring (bicyclic) bond motifs is 2. The Morgan fingerprint density at radius 2 is 1.72 bits per heavy atom. The van der Waals surface area contributed by atoms with Gasteiger partial charge in [0.25, 0.3) is 0 Å². The van der Waals surface area contributed by atoms with Crippen LogP contribution in [0.15, 0.2) is 30.3 Å². The first-order valence-corrected chi connectivity index (χ1v) is 13.7. The molecule has 0 aromatic heterocycles. The molecule has 1 saturated heterocycles. The van der Waals surface area contributed by atoms with Gasteiger partial charge < -0.3 is 26.2 Å². The van der Waals surface area contributed by atoms with Crippen molar-refractivity contribution in [1.29, 1.82) is 0 Å². The summed E-state index contributed by atoms with van der Waals surface area (Å²) in [4.78, 5) is 28.0. The Morgan fingerprint density at radius 1 is 1.08 bits per heavy atom. The van der Waals surface area contributed by atoms with Gasteiger partial charge in [0.15, 0.2) is 0 Å². The molecule has 2 amide bonds. The van der Waals surface area contributed by atoms with E-state index in [4.69, 9.17) is 23.2 Å². The van der Waals surface area contributed by atoms with Gasteiger partial charge in [-0.15, -0.1) is 0 Å². The third kappa shape index (κ3) is 4.82. The molecule has 2 aromatic carbocycles. The molecular weight excluding hydrogens is 551 g/mol. The highest BCUT2D eigenvalue weighted by Crippen LogP contribution is 2.57. The normalized spacial score (nSPS) is 32.0. The topological polar surface area (TPSA) is 111 Å². The van der Waals surface area contributed by atoms with Crippen LogP contribution in [-0.2, 0) is 15.0 Å². The highest BCUT2D eigenvalue weighted by atomic mass is 35.5. The second-order valence-electron chi connectivity index (χ2n) is 12.1. The van der Waals surface area contributed by atoms with Crippen LogP contribution in [0.1, 0.15) is 57.1 Å². The Balaban J connectivity index is 1.69. The second-order valence-corrected chi connectivity index (χ2v) is 12.9. The zero-order valence-electron chi connectivity index (χ0n) is 21.7. The van der Waals surface area contributed by atoms with Gasteiger partial charge in [-0.3, -0.25) is 9.59 Å². The number of hydrogen-bond donors (Lipinski definition) is 5. The van der Waals surface area contributed by atoms with Crippen LogP contribution >= 0.6 is 23.2 Å². The Labute approximate surface area is 235 Å². The summed E-state index contributed by atoms with van der Waals surface area (Å²) in [5.41, 5.74) is -0.659. The standard InChI is InChI=1S/C28H31Cl2F2N3O4/c1-27(2,3)11-22-28(14-9-18(32)16(30)10-19(14)34-26(28)39)23(12-4-5-17(31)15(29)6-12)24(35-22)25(38)33-13-7-20(36)21(37)8-13/h4-6,9-10,13,20-24,35-37H,7-8,11H2,1-3H3,(H,33,38)(H,34,39)/t13?,20-,21+,22-,23+,24-,28+/m1/s1. The summed E-state index contributed by atoms with van der Waals surface area (Å²) in [5, 5.41) is 28.8. The lowest BCUT2D eigenvalue weighted by atomic mass is 9.62. The largest absolute Gasteiger partial charge is 0.390 e. The van der Waals surface area contributed by atoms with Gasteiger partial charge >= 0.3 is 0 Å². The summed E-state index contributed by atoms with van der Waals surface area (Å²) in [7, 11) is 0. The lowest BCUT2D eigenvalue weighted by molar-refractivity contribution is -0.124. The molecule has 210 valence electrons. The van der Waals surface area contributed by atoms with Crippen molar-refractivity contribution < 1.29 is 28.6 Å². The van der Waals surface area contributed by atoms with Crippen LogP contribution in [0.25, 0.3) is 0 Å². The molecule has 7 atom stereocenters. The van der Waals surface area contributed by atoms with Gasteiger partial charge in [-0.25, -0.2) is 8.78 Å². The lowest BCUT2D eigenvalue weighted by Gasteiger charge is -2.37. The van der Waals surface area contributed by atoms with Crippen LogP contribution in [0.5, 0.6) is 0 Å². The van der Waals surface area contributed by atoms with E-state index in [9.17, 15) is 28.6 Å². The number of halogens is 4. The molecule has 11 heteroatoms. The van der Waals surface area contributed by atoms with Crippen molar-refractivity contribution in [2.75, 3.05) is 5.32 Å². The van der Waals surface area contributed by atoms with Gasteiger partial charge in [-0.1, -0.05) is 50.0 Å². The zero-order chi connectivity index (χ0) is 28.4. The van der Waals surface area contributed by atoms with Crippen molar-refractivity contribution in [3.05, 3.63) is 63.1 Å². The van der Waals surface area contributed by atoms with Gasteiger partial charge in [0, 0.05) is 23.7 Å². The first-order valence-electron chi connectivity index (χ1n) is 12.9. The second kappa shape index (κ2) is 9.96. The number of benzene rings is 2. The number of carbonyl (C=O) groups is 2. The summed E-state index contributed by atoms with van der Waals surface area (Å²) >= 11 is 12.2. The van der Waals surface area contributed by atoms with E-state index in [2.05, 4.69) is 16.0 Å². The predicted molar refractivity (Wildman–Crippen MR) is 144 cm³/mol. The molecule has 1 aliphatic carbocycles. The average molecular weight is 582 g/mol. The molecule has 0 radical (unpaired) electrons. The fraction of sp³-hybridized carbons (Fsp3) is 0.500. The molecular formula is C28H31Cl2F2N3O4. The van der Waals surface area contributed by atoms with Crippen LogP contribution in [-0.4, -0.2) is 52.4 Å². The molecule has 7 nitrogen and oxygen atoms in total. The van der Waals surface area contributed by atoms with E-state index in [1.807, 2.05) is 20.8 Å². The predicted octanol–water partition coefficient (Wildman–Crippen LogP) is 4.02.